The first-order valence-corrected chi connectivity index (χ1v) is 8.60. The Bertz CT molecular complexity index is 756. The van der Waals surface area contributed by atoms with Gasteiger partial charge in [-0.2, -0.15) is 0 Å². The predicted octanol–water partition coefficient (Wildman–Crippen LogP) is 4.55. The molecule has 0 aliphatic heterocycles. The van der Waals surface area contributed by atoms with Crippen molar-refractivity contribution < 1.29 is 14.3 Å². The molecular weight excluding hydrogens is 348 g/mol. The van der Waals surface area contributed by atoms with E-state index in [1.54, 1.807) is 25.3 Å². The molecule has 24 heavy (non-hydrogen) atoms. The van der Waals surface area contributed by atoms with Crippen LogP contribution in [0, 0.1) is 6.92 Å². The fourth-order valence-electron chi connectivity index (χ4n) is 1.92. The second-order valence-electron chi connectivity index (χ2n) is 5.32. The number of methoxy groups -OCH3 is 1. The number of nitrogens with one attached hydrogen (secondary N) is 1. The lowest BCUT2D eigenvalue weighted by Crippen LogP contribution is -2.08. The van der Waals surface area contributed by atoms with Crippen LogP contribution in [-0.4, -0.2) is 24.1 Å². The monoisotopic (exact) mass is 366 g/mol. The summed E-state index contributed by atoms with van der Waals surface area (Å²) in [5.41, 5.74) is 1.61. The van der Waals surface area contributed by atoms with Gasteiger partial charge in [0, 0.05) is 11.5 Å². The van der Waals surface area contributed by atoms with Crippen LogP contribution in [0.5, 0.6) is 11.5 Å². The van der Waals surface area contributed by atoms with Crippen LogP contribution >= 0.6 is 22.9 Å². The zero-order valence-corrected chi connectivity index (χ0v) is 15.5. The molecule has 0 atom stereocenters. The number of carbonyl (C=O) groups is 1. The van der Waals surface area contributed by atoms with Crippen molar-refractivity contribution >= 4 is 40.1 Å². The van der Waals surface area contributed by atoms with Gasteiger partial charge in [0.25, 0.3) is 0 Å². The van der Waals surface area contributed by atoms with Gasteiger partial charge in [0.1, 0.15) is 0 Å². The summed E-state index contributed by atoms with van der Waals surface area (Å²) in [6.45, 7) is 5.69. The average Bonchev–Trinajstić information content (AvgIpc) is 2.92. The molecule has 2 rings (SSSR count). The minimum atomic E-state index is -0.262. The number of aryl methyl sites for hydroxylation is 1. The van der Waals surface area contributed by atoms with E-state index in [-0.39, 0.29) is 12.0 Å². The summed E-state index contributed by atoms with van der Waals surface area (Å²) < 4.78 is 11.0. The number of carbonyl (C=O) groups excluding carboxylic acids is 1. The van der Waals surface area contributed by atoms with E-state index >= 15 is 0 Å². The molecule has 1 aromatic heterocycles. The molecule has 1 heterocycles. The standard InChI is InChI=1S/C17H19ClN2O3S/c1-10(2)23-16-13(18)7-12(8-14(16)22-4)5-6-15(21)20-17-19-11(3)9-24-17/h5-10H,1-4H3,(H,19,20,21)/b6-5+. The third kappa shape index (κ3) is 4.97. The van der Waals surface area contributed by atoms with Gasteiger partial charge >= 0.3 is 0 Å². The van der Waals surface area contributed by atoms with Gasteiger partial charge in [-0.1, -0.05) is 11.6 Å². The van der Waals surface area contributed by atoms with Gasteiger partial charge < -0.3 is 9.47 Å². The van der Waals surface area contributed by atoms with Crippen LogP contribution < -0.4 is 14.8 Å². The number of hydrogen-bond acceptors (Lipinski definition) is 5. The lowest BCUT2D eigenvalue weighted by Gasteiger charge is -2.15. The number of anilines is 1. The number of ether oxygens (including phenoxy) is 2. The molecule has 0 fully saturated rings. The Hall–Kier alpha value is -2.05. The smallest absolute Gasteiger partial charge is 0.250 e. The predicted molar refractivity (Wildman–Crippen MR) is 98.3 cm³/mol. The minimum absolute atomic E-state index is 0.0228. The fourth-order valence-corrected chi connectivity index (χ4v) is 2.87. The Labute approximate surface area is 150 Å². The van der Waals surface area contributed by atoms with E-state index in [0.717, 1.165) is 11.3 Å². The Morgan fingerprint density at radius 2 is 2.17 bits per heavy atom. The summed E-state index contributed by atoms with van der Waals surface area (Å²) in [7, 11) is 1.55. The highest BCUT2D eigenvalue weighted by Crippen LogP contribution is 2.37. The van der Waals surface area contributed by atoms with Crippen molar-refractivity contribution in [2.45, 2.75) is 26.9 Å². The van der Waals surface area contributed by atoms with Gasteiger partial charge in [0.05, 0.1) is 23.9 Å². The van der Waals surface area contributed by atoms with Gasteiger partial charge in [0.2, 0.25) is 5.91 Å². The molecule has 1 aromatic carbocycles. The maximum atomic E-state index is 11.9. The lowest BCUT2D eigenvalue weighted by molar-refractivity contribution is -0.111. The van der Waals surface area contributed by atoms with Crippen LogP contribution in [0.3, 0.4) is 0 Å². The third-order valence-electron chi connectivity index (χ3n) is 2.88. The number of hydrogen-bond donors (Lipinski definition) is 1. The minimum Gasteiger partial charge on any atom is -0.493 e. The van der Waals surface area contributed by atoms with Crippen molar-refractivity contribution in [2.75, 3.05) is 12.4 Å². The molecule has 1 N–H and O–H groups in total. The molecule has 2 aromatic rings. The molecule has 0 radical (unpaired) electrons. The largest absolute Gasteiger partial charge is 0.493 e. The number of amides is 1. The molecule has 0 bridgehead atoms. The van der Waals surface area contributed by atoms with Gasteiger partial charge in [-0.05, 0) is 44.5 Å². The summed E-state index contributed by atoms with van der Waals surface area (Å²) in [5.74, 6) is 0.753. The van der Waals surface area contributed by atoms with Crippen molar-refractivity contribution in [3.8, 4) is 11.5 Å². The topological polar surface area (TPSA) is 60.5 Å². The molecule has 0 saturated carbocycles. The number of aromatic nitrogens is 1. The SMILES string of the molecule is COc1cc(/C=C/C(=O)Nc2nc(C)cs2)cc(Cl)c1OC(C)C. The molecule has 0 unspecified atom stereocenters. The zero-order chi connectivity index (χ0) is 17.7. The van der Waals surface area contributed by atoms with Crippen molar-refractivity contribution in [3.05, 3.63) is 39.9 Å². The quantitative estimate of drug-likeness (QED) is 0.762. The lowest BCUT2D eigenvalue weighted by atomic mass is 10.2. The fraction of sp³-hybridized carbons (Fsp3) is 0.294. The molecule has 0 spiro atoms. The van der Waals surface area contributed by atoms with E-state index in [1.165, 1.54) is 17.4 Å². The molecule has 0 aliphatic carbocycles. The molecule has 5 nitrogen and oxygen atoms in total. The number of thiazole rings is 1. The van der Waals surface area contributed by atoms with Crippen molar-refractivity contribution in [1.29, 1.82) is 0 Å². The molecule has 7 heteroatoms. The highest BCUT2D eigenvalue weighted by atomic mass is 35.5. The van der Waals surface area contributed by atoms with Crippen LogP contribution in [0.4, 0.5) is 5.13 Å². The molecule has 128 valence electrons. The highest BCUT2D eigenvalue weighted by molar-refractivity contribution is 7.13. The van der Waals surface area contributed by atoms with E-state index < -0.39 is 0 Å². The van der Waals surface area contributed by atoms with Crippen LogP contribution in [0.15, 0.2) is 23.6 Å². The summed E-state index contributed by atoms with van der Waals surface area (Å²) in [5, 5.41) is 5.58. The van der Waals surface area contributed by atoms with Crippen LogP contribution in [0.2, 0.25) is 5.02 Å². The van der Waals surface area contributed by atoms with Crippen LogP contribution in [0.25, 0.3) is 6.08 Å². The van der Waals surface area contributed by atoms with E-state index in [2.05, 4.69) is 10.3 Å². The van der Waals surface area contributed by atoms with Crippen molar-refractivity contribution in [2.24, 2.45) is 0 Å². The first-order chi connectivity index (χ1) is 11.4. The van der Waals surface area contributed by atoms with Crippen LogP contribution in [-0.2, 0) is 4.79 Å². The normalized spacial score (nSPS) is 11.1. The Kier molecular flexibility index (Phi) is 6.23. The second kappa shape index (κ2) is 8.17. The number of rotatable bonds is 6. The van der Waals surface area contributed by atoms with Crippen molar-refractivity contribution in [1.82, 2.24) is 4.98 Å². The van der Waals surface area contributed by atoms with E-state index in [1.807, 2.05) is 26.2 Å². The molecule has 0 saturated heterocycles. The maximum Gasteiger partial charge on any atom is 0.250 e. The molecule has 1 amide bonds. The van der Waals surface area contributed by atoms with E-state index in [0.29, 0.717) is 21.7 Å². The summed E-state index contributed by atoms with van der Waals surface area (Å²) >= 11 is 7.64. The average molecular weight is 367 g/mol. The first kappa shape index (κ1) is 18.3. The summed E-state index contributed by atoms with van der Waals surface area (Å²) in [4.78, 5) is 16.1. The van der Waals surface area contributed by atoms with Gasteiger partial charge in [0.15, 0.2) is 16.6 Å². The molecular formula is C17H19ClN2O3S. The van der Waals surface area contributed by atoms with E-state index in [9.17, 15) is 4.79 Å². The Balaban J connectivity index is 2.14. The zero-order valence-electron chi connectivity index (χ0n) is 13.9. The number of halogens is 1. The third-order valence-corrected chi connectivity index (χ3v) is 4.04. The molecule has 0 aliphatic rings. The highest BCUT2D eigenvalue weighted by Gasteiger charge is 2.12. The Morgan fingerprint density at radius 1 is 1.42 bits per heavy atom. The van der Waals surface area contributed by atoms with Gasteiger partial charge in [-0.25, -0.2) is 4.98 Å². The Morgan fingerprint density at radius 3 is 2.75 bits per heavy atom. The summed E-state index contributed by atoms with van der Waals surface area (Å²) in [6, 6.07) is 3.49. The van der Waals surface area contributed by atoms with E-state index in [4.69, 9.17) is 21.1 Å². The number of nitrogens with zero attached hydrogens (tertiary/aromatic N) is 1. The summed E-state index contributed by atoms with van der Waals surface area (Å²) in [6.07, 6.45) is 3.05. The second-order valence-corrected chi connectivity index (χ2v) is 6.58. The van der Waals surface area contributed by atoms with Gasteiger partial charge in [-0.3, -0.25) is 10.1 Å². The van der Waals surface area contributed by atoms with Crippen LogP contribution in [0.1, 0.15) is 25.1 Å². The van der Waals surface area contributed by atoms with Crippen molar-refractivity contribution in [3.63, 3.8) is 0 Å². The van der Waals surface area contributed by atoms with Gasteiger partial charge in [-0.15, -0.1) is 11.3 Å². The first-order valence-electron chi connectivity index (χ1n) is 7.34. The maximum absolute atomic E-state index is 11.9. The number of benzene rings is 1.